The van der Waals surface area contributed by atoms with Crippen LogP contribution in [0.4, 0.5) is 5.69 Å². The third kappa shape index (κ3) is 5.36. The summed E-state index contributed by atoms with van der Waals surface area (Å²) >= 11 is 0. The zero-order valence-corrected chi connectivity index (χ0v) is 15.3. The molecule has 0 aliphatic heterocycles. The van der Waals surface area contributed by atoms with Crippen LogP contribution in [-0.4, -0.2) is 25.2 Å². The second kappa shape index (κ2) is 9.45. The molecule has 1 fully saturated rings. The smallest absolute Gasteiger partial charge is 0.243 e. The lowest BCUT2D eigenvalue weighted by Gasteiger charge is -2.20. The minimum Gasteiger partial charge on any atom is -0.372 e. The molecule has 24 heavy (non-hydrogen) atoms. The van der Waals surface area contributed by atoms with Gasteiger partial charge >= 0.3 is 0 Å². The first-order valence-electron chi connectivity index (χ1n) is 9.37. The third-order valence-corrected chi connectivity index (χ3v) is 4.85. The Balaban J connectivity index is 1.75. The van der Waals surface area contributed by atoms with Gasteiger partial charge in [0.2, 0.25) is 5.91 Å². The van der Waals surface area contributed by atoms with Crippen LogP contribution in [0.2, 0.25) is 0 Å². The maximum absolute atomic E-state index is 12.0. The van der Waals surface area contributed by atoms with E-state index in [1.165, 1.54) is 31.4 Å². The lowest BCUT2D eigenvalue weighted by molar-refractivity contribution is -0.122. The lowest BCUT2D eigenvalue weighted by Crippen LogP contribution is -2.21. The molecule has 1 N–H and O–H groups in total. The molecule has 1 aliphatic rings. The highest BCUT2D eigenvalue weighted by Crippen LogP contribution is 2.42. The van der Waals surface area contributed by atoms with E-state index in [0.29, 0.717) is 5.92 Å². The summed E-state index contributed by atoms with van der Waals surface area (Å²) < 4.78 is 0. The molecule has 2 atom stereocenters. The first-order chi connectivity index (χ1) is 11.7. The molecule has 1 saturated carbocycles. The first kappa shape index (κ1) is 18.5. The Morgan fingerprint density at radius 1 is 1.21 bits per heavy atom. The van der Waals surface area contributed by atoms with E-state index in [4.69, 9.17) is 0 Å². The van der Waals surface area contributed by atoms with Gasteiger partial charge in [-0.05, 0) is 50.3 Å². The van der Waals surface area contributed by atoms with E-state index in [1.54, 1.807) is 6.21 Å². The van der Waals surface area contributed by atoms with Crippen LogP contribution in [0.3, 0.4) is 0 Å². The van der Waals surface area contributed by atoms with Crippen molar-refractivity contribution < 1.29 is 4.79 Å². The van der Waals surface area contributed by atoms with Crippen molar-refractivity contribution in [2.45, 2.75) is 52.9 Å². The second-order valence-corrected chi connectivity index (χ2v) is 6.60. The quantitative estimate of drug-likeness (QED) is 0.397. The van der Waals surface area contributed by atoms with Crippen molar-refractivity contribution in [1.82, 2.24) is 5.43 Å². The third-order valence-electron chi connectivity index (χ3n) is 4.85. The normalized spacial score (nSPS) is 19.5. The van der Waals surface area contributed by atoms with Gasteiger partial charge in [-0.15, -0.1) is 0 Å². The molecule has 1 aromatic carbocycles. The summed E-state index contributed by atoms with van der Waals surface area (Å²) in [6.45, 7) is 8.52. The van der Waals surface area contributed by atoms with Gasteiger partial charge in [-0.3, -0.25) is 4.79 Å². The summed E-state index contributed by atoms with van der Waals surface area (Å²) in [6.07, 6.45) is 7.69. The van der Waals surface area contributed by atoms with Gasteiger partial charge in [-0.2, -0.15) is 5.10 Å². The number of amides is 1. The summed E-state index contributed by atoms with van der Waals surface area (Å²) in [7, 11) is 0. The van der Waals surface area contributed by atoms with Gasteiger partial charge in [-0.1, -0.05) is 38.3 Å². The molecule has 0 bridgehead atoms. The molecule has 1 aliphatic carbocycles. The summed E-state index contributed by atoms with van der Waals surface area (Å²) in [5, 5.41) is 4.11. The van der Waals surface area contributed by atoms with Crippen molar-refractivity contribution in [3.05, 3.63) is 29.8 Å². The van der Waals surface area contributed by atoms with Gasteiger partial charge in [0, 0.05) is 24.7 Å². The van der Waals surface area contributed by atoms with Crippen LogP contribution in [0.15, 0.2) is 29.4 Å². The number of benzene rings is 1. The molecule has 0 aromatic heterocycles. The van der Waals surface area contributed by atoms with E-state index in [9.17, 15) is 4.79 Å². The number of anilines is 1. The van der Waals surface area contributed by atoms with Crippen molar-refractivity contribution >= 4 is 17.8 Å². The molecule has 1 aromatic rings. The van der Waals surface area contributed by atoms with Crippen molar-refractivity contribution in [3.8, 4) is 0 Å². The summed E-state index contributed by atoms with van der Waals surface area (Å²) in [6, 6.07) is 8.27. The molecule has 2 rings (SSSR count). The van der Waals surface area contributed by atoms with Crippen molar-refractivity contribution in [2.24, 2.45) is 16.9 Å². The van der Waals surface area contributed by atoms with Gasteiger partial charge in [0.05, 0.1) is 6.21 Å². The lowest BCUT2D eigenvalue weighted by atomic mass is 10.1. The van der Waals surface area contributed by atoms with Gasteiger partial charge in [0.15, 0.2) is 0 Å². The van der Waals surface area contributed by atoms with E-state index < -0.39 is 0 Å². The maximum atomic E-state index is 12.0. The van der Waals surface area contributed by atoms with Gasteiger partial charge in [-0.25, -0.2) is 5.43 Å². The Hall–Kier alpha value is -1.84. The van der Waals surface area contributed by atoms with Crippen LogP contribution < -0.4 is 10.3 Å². The molecule has 0 radical (unpaired) electrons. The van der Waals surface area contributed by atoms with E-state index in [0.717, 1.165) is 25.1 Å². The highest BCUT2D eigenvalue weighted by molar-refractivity contribution is 5.85. The van der Waals surface area contributed by atoms with Crippen LogP contribution in [0.1, 0.15) is 58.4 Å². The van der Waals surface area contributed by atoms with Crippen LogP contribution in [0.5, 0.6) is 0 Å². The molecule has 1 amide bonds. The number of hydrazone groups is 1. The second-order valence-electron chi connectivity index (χ2n) is 6.60. The summed E-state index contributed by atoms with van der Waals surface area (Å²) in [5.41, 5.74) is 4.91. The summed E-state index contributed by atoms with van der Waals surface area (Å²) in [5.74, 6) is 0.844. The Labute approximate surface area is 146 Å². The Morgan fingerprint density at radius 3 is 2.54 bits per heavy atom. The monoisotopic (exact) mass is 329 g/mol. The molecule has 0 spiro atoms. The number of hydrogen-bond donors (Lipinski definition) is 1. The van der Waals surface area contributed by atoms with E-state index in [-0.39, 0.29) is 11.8 Å². The maximum Gasteiger partial charge on any atom is 0.243 e. The summed E-state index contributed by atoms with van der Waals surface area (Å²) in [4.78, 5) is 14.3. The minimum absolute atomic E-state index is 0.0764. The van der Waals surface area contributed by atoms with E-state index in [2.05, 4.69) is 48.3 Å². The van der Waals surface area contributed by atoms with E-state index in [1.807, 2.05) is 12.1 Å². The number of rotatable bonds is 10. The predicted molar refractivity (Wildman–Crippen MR) is 101 cm³/mol. The number of carbonyl (C=O) groups is 1. The fourth-order valence-electron chi connectivity index (χ4n) is 3.16. The molecule has 0 heterocycles. The van der Waals surface area contributed by atoms with Crippen molar-refractivity contribution in [1.29, 1.82) is 0 Å². The Morgan fingerprint density at radius 2 is 1.92 bits per heavy atom. The average molecular weight is 329 g/mol. The van der Waals surface area contributed by atoms with Crippen LogP contribution in [0, 0.1) is 11.8 Å². The number of unbranched alkanes of at least 4 members (excludes halogenated alkanes) is 2. The standard InChI is InChI=1S/C20H31N3O/c1-4-7-8-9-17-14-19(17)20(24)22-21-15-16-10-12-18(13-11-16)23(5-2)6-3/h10-13,15,17,19H,4-9,14H2,1-3H3,(H,22,24)/t17-,19+/m1/s1. The Kier molecular flexibility index (Phi) is 7.29. The Bertz CT molecular complexity index is 534. The minimum atomic E-state index is 0.0764. The SMILES string of the molecule is CCCCC[C@@H]1C[C@@H]1C(=O)NN=Cc1ccc(N(CC)CC)cc1. The number of nitrogens with one attached hydrogen (secondary N) is 1. The van der Waals surface area contributed by atoms with Crippen LogP contribution in [-0.2, 0) is 4.79 Å². The van der Waals surface area contributed by atoms with Crippen LogP contribution in [0.25, 0.3) is 0 Å². The fraction of sp³-hybridized carbons (Fsp3) is 0.600. The number of carbonyl (C=O) groups excluding carboxylic acids is 1. The molecule has 0 saturated heterocycles. The molecule has 132 valence electrons. The first-order valence-corrected chi connectivity index (χ1v) is 9.37. The number of nitrogens with zero attached hydrogens (tertiary/aromatic N) is 2. The molecule has 4 heteroatoms. The van der Waals surface area contributed by atoms with Gasteiger partial charge in [0.1, 0.15) is 0 Å². The topological polar surface area (TPSA) is 44.7 Å². The highest BCUT2D eigenvalue weighted by Gasteiger charge is 2.41. The largest absolute Gasteiger partial charge is 0.372 e. The van der Waals surface area contributed by atoms with Crippen LogP contribution >= 0.6 is 0 Å². The molecular formula is C20H31N3O. The molecule has 0 unspecified atom stereocenters. The zero-order valence-electron chi connectivity index (χ0n) is 15.3. The average Bonchev–Trinajstić information content (AvgIpc) is 3.37. The fourth-order valence-corrected chi connectivity index (χ4v) is 3.16. The molecular weight excluding hydrogens is 298 g/mol. The highest BCUT2D eigenvalue weighted by atomic mass is 16.2. The van der Waals surface area contributed by atoms with Gasteiger partial charge < -0.3 is 4.90 Å². The van der Waals surface area contributed by atoms with E-state index >= 15 is 0 Å². The van der Waals surface area contributed by atoms with Gasteiger partial charge in [0.25, 0.3) is 0 Å². The number of hydrogen-bond acceptors (Lipinski definition) is 3. The molecule has 4 nitrogen and oxygen atoms in total. The zero-order chi connectivity index (χ0) is 17.4. The predicted octanol–water partition coefficient (Wildman–Crippen LogP) is 4.20. The van der Waals surface area contributed by atoms with Crippen molar-refractivity contribution in [2.75, 3.05) is 18.0 Å². The van der Waals surface area contributed by atoms with Crippen molar-refractivity contribution in [3.63, 3.8) is 0 Å².